The monoisotopic (exact) mass is 410 g/mol. The first-order valence-corrected chi connectivity index (χ1v) is 8.72. The summed E-state index contributed by atoms with van der Waals surface area (Å²) in [6, 6.07) is 10.9. The van der Waals surface area contributed by atoms with Crippen LogP contribution in [0.5, 0.6) is 11.5 Å². The molecule has 1 aliphatic heterocycles. The molecule has 2 atom stereocenters. The summed E-state index contributed by atoms with van der Waals surface area (Å²) in [6.45, 7) is 1.60. The van der Waals surface area contributed by atoms with Gasteiger partial charge in [-0.05, 0) is 35.9 Å². The lowest BCUT2D eigenvalue weighted by molar-refractivity contribution is -0.134. The van der Waals surface area contributed by atoms with Crippen molar-refractivity contribution in [3.05, 3.63) is 59.4 Å². The molecule has 1 aliphatic rings. The SMILES string of the molecule is COc1cccc(C(NC(=O)C2CNCCO2)c2cc(F)ccc2OC)c1.Cl. The first-order valence-electron chi connectivity index (χ1n) is 8.72. The van der Waals surface area contributed by atoms with Crippen LogP contribution in [0.25, 0.3) is 0 Å². The number of hydrogen-bond acceptors (Lipinski definition) is 5. The van der Waals surface area contributed by atoms with Crippen molar-refractivity contribution in [2.75, 3.05) is 33.9 Å². The van der Waals surface area contributed by atoms with Crippen LogP contribution in [-0.2, 0) is 9.53 Å². The average Bonchev–Trinajstić information content (AvgIpc) is 2.72. The zero-order chi connectivity index (χ0) is 19.2. The summed E-state index contributed by atoms with van der Waals surface area (Å²) in [5.41, 5.74) is 1.26. The molecule has 0 radical (unpaired) electrons. The molecule has 0 aromatic heterocycles. The fourth-order valence-corrected chi connectivity index (χ4v) is 3.06. The van der Waals surface area contributed by atoms with Gasteiger partial charge < -0.3 is 24.8 Å². The zero-order valence-electron chi connectivity index (χ0n) is 15.7. The number of rotatable bonds is 6. The number of benzene rings is 2. The van der Waals surface area contributed by atoms with Gasteiger partial charge in [0, 0.05) is 18.7 Å². The number of carbonyl (C=O) groups excluding carboxylic acids is 1. The van der Waals surface area contributed by atoms with E-state index in [9.17, 15) is 9.18 Å². The maximum Gasteiger partial charge on any atom is 0.251 e. The molecule has 2 N–H and O–H groups in total. The van der Waals surface area contributed by atoms with Gasteiger partial charge in [0.05, 0.1) is 26.9 Å². The van der Waals surface area contributed by atoms with Gasteiger partial charge in [0.25, 0.3) is 5.91 Å². The minimum atomic E-state index is -0.622. The predicted octanol–water partition coefficient (Wildman–Crippen LogP) is 2.46. The highest BCUT2D eigenvalue weighted by atomic mass is 35.5. The van der Waals surface area contributed by atoms with Crippen molar-refractivity contribution in [1.82, 2.24) is 10.6 Å². The molecule has 1 saturated heterocycles. The lowest BCUT2D eigenvalue weighted by Crippen LogP contribution is -2.48. The Morgan fingerprint density at radius 2 is 2.07 bits per heavy atom. The summed E-state index contributed by atoms with van der Waals surface area (Å²) in [4.78, 5) is 12.8. The fraction of sp³-hybridized carbons (Fsp3) is 0.350. The molecular weight excluding hydrogens is 387 g/mol. The van der Waals surface area contributed by atoms with Gasteiger partial charge in [-0.3, -0.25) is 4.79 Å². The van der Waals surface area contributed by atoms with E-state index < -0.39 is 18.0 Å². The molecule has 28 heavy (non-hydrogen) atoms. The molecule has 0 saturated carbocycles. The number of ether oxygens (including phenoxy) is 3. The van der Waals surface area contributed by atoms with Crippen molar-refractivity contribution in [2.45, 2.75) is 12.1 Å². The van der Waals surface area contributed by atoms with E-state index in [1.54, 1.807) is 25.3 Å². The van der Waals surface area contributed by atoms with E-state index in [0.29, 0.717) is 36.8 Å². The summed E-state index contributed by atoms with van der Waals surface area (Å²) >= 11 is 0. The van der Waals surface area contributed by atoms with E-state index in [2.05, 4.69) is 10.6 Å². The maximum atomic E-state index is 14.0. The quantitative estimate of drug-likeness (QED) is 0.765. The molecule has 2 aromatic rings. The van der Waals surface area contributed by atoms with Crippen LogP contribution in [0, 0.1) is 5.82 Å². The van der Waals surface area contributed by atoms with Crippen LogP contribution in [0.4, 0.5) is 4.39 Å². The van der Waals surface area contributed by atoms with Gasteiger partial charge in [0.15, 0.2) is 0 Å². The van der Waals surface area contributed by atoms with Gasteiger partial charge in [-0.25, -0.2) is 4.39 Å². The molecule has 0 spiro atoms. The fourth-order valence-electron chi connectivity index (χ4n) is 3.06. The van der Waals surface area contributed by atoms with Gasteiger partial charge in [0.2, 0.25) is 0 Å². The first-order chi connectivity index (χ1) is 13.1. The molecule has 0 bridgehead atoms. The molecule has 0 aliphatic carbocycles. The minimum absolute atomic E-state index is 0. The van der Waals surface area contributed by atoms with E-state index >= 15 is 0 Å². The minimum Gasteiger partial charge on any atom is -0.497 e. The van der Waals surface area contributed by atoms with Crippen LogP contribution in [0.1, 0.15) is 17.2 Å². The third-order valence-corrected chi connectivity index (χ3v) is 4.44. The molecular formula is C20H24ClFN2O4. The Hall–Kier alpha value is -2.35. The molecule has 1 amide bonds. The number of methoxy groups -OCH3 is 2. The van der Waals surface area contributed by atoms with Gasteiger partial charge >= 0.3 is 0 Å². The van der Waals surface area contributed by atoms with Gasteiger partial charge in [-0.2, -0.15) is 0 Å². The van der Waals surface area contributed by atoms with Gasteiger partial charge in [-0.15, -0.1) is 12.4 Å². The van der Waals surface area contributed by atoms with Crippen LogP contribution < -0.4 is 20.1 Å². The van der Waals surface area contributed by atoms with Crippen molar-refractivity contribution < 1.29 is 23.4 Å². The third-order valence-electron chi connectivity index (χ3n) is 4.44. The van der Waals surface area contributed by atoms with Gasteiger partial charge in [0.1, 0.15) is 23.4 Å². The number of amides is 1. The third kappa shape index (κ3) is 5.13. The Balaban J connectivity index is 0.00000280. The number of halogens is 2. The van der Waals surface area contributed by atoms with Crippen molar-refractivity contribution in [2.24, 2.45) is 0 Å². The standard InChI is InChI=1S/C20H23FN2O4.ClH/c1-25-15-5-3-4-13(10-15)19(16-11-14(21)6-7-17(16)26-2)23-20(24)18-12-22-8-9-27-18;/h3-7,10-11,18-19,22H,8-9,12H2,1-2H3,(H,23,24);1H. The van der Waals surface area contributed by atoms with Crippen LogP contribution in [0.15, 0.2) is 42.5 Å². The molecule has 1 fully saturated rings. The van der Waals surface area contributed by atoms with E-state index in [1.807, 2.05) is 12.1 Å². The highest BCUT2D eigenvalue weighted by molar-refractivity contribution is 5.85. The van der Waals surface area contributed by atoms with Crippen LogP contribution in [0.3, 0.4) is 0 Å². The summed E-state index contributed by atoms with van der Waals surface area (Å²) in [5, 5.41) is 6.09. The maximum absolute atomic E-state index is 14.0. The van der Waals surface area contributed by atoms with Crippen molar-refractivity contribution in [3.63, 3.8) is 0 Å². The Morgan fingerprint density at radius 1 is 1.25 bits per heavy atom. The second-order valence-electron chi connectivity index (χ2n) is 6.17. The van der Waals surface area contributed by atoms with Crippen molar-refractivity contribution >= 4 is 18.3 Å². The zero-order valence-corrected chi connectivity index (χ0v) is 16.6. The van der Waals surface area contributed by atoms with E-state index in [4.69, 9.17) is 14.2 Å². The number of hydrogen-bond donors (Lipinski definition) is 2. The highest BCUT2D eigenvalue weighted by Crippen LogP contribution is 2.32. The van der Waals surface area contributed by atoms with Crippen LogP contribution in [0.2, 0.25) is 0 Å². The second kappa shape index (κ2) is 10.3. The number of carbonyl (C=O) groups is 1. The number of nitrogens with one attached hydrogen (secondary N) is 2. The summed E-state index contributed by atoms with van der Waals surface area (Å²) < 4.78 is 30.2. The van der Waals surface area contributed by atoms with E-state index in [1.165, 1.54) is 19.2 Å². The molecule has 2 unspecified atom stereocenters. The summed E-state index contributed by atoms with van der Waals surface area (Å²) in [7, 11) is 3.08. The Morgan fingerprint density at radius 3 is 2.75 bits per heavy atom. The van der Waals surface area contributed by atoms with Crippen LogP contribution >= 0.6 is 12.4 Å². The molecule has 3 rings (SSSR count). The van der Waals surface area contributed by atoms with E-state index in [-0.39, 0.29) is 18.3 Å². The topological polar surface area (TPSA) is 68.8 Å². The van der Waals surface area contributed by atoms with Crippen LogP contribution in [-0.4, -0.2) is 45.9 Å². The Bertz CT molecular complexity index is 800. The molecule has 152 valence electrons. The number of morpholine rings is 1. The second-order valence-corrected chi connectivity index (χ2v) is 6.17. The summed E-state index contributed by atoms with van der Waals surface area (Å²) in [6.07, 6.45) is -0.605. The molecule has 2 aromatic carbocycles. The Kier molecular flexibility index (Phi) is 8.04. The molecule has 1 heterocycles. The Labute approximate surface area is 169 Å². The average molecular weight is 411 g/mol. The predicted molar refractivity (Wildman–Crippen MR) is 106 cm³/mol. The lowest BCUT2D eigenvalue weighted by Gasteiger charge is -2.27. The molecule has 6 nitrogen and oxygen atoms in total. The van der Waals surface area contributed by atoms with Crippen molar-refractivity contribution in [1.29, 1.82) is 0 Å². The lowest BCUT2D eigenvalue weighted by atomic mass is 9.97. The highest BCUT2D eigenvalue weighted by Gasteiger charge is 2.27. The summed E-state index contributed by atoms with van der Waals surface area (Å²) in [5.74, 6) is 0.426. The normalized spacial score (nSPS) is 17.2. The first kappa shape index (κ1) is 21.9. The van der Waals surface area contributed by atoms with Gasteiger partial charge in [-0.1, -0.05) is 12.1 Å². The van der Waals surface area contributed by atoms with Crippen molar-refractivity contribution in [3.8, 4) is 11.5 Å². The van der Waals surface area contributed by atoms with E-state index in [0.717, 1.165) is 5.56 Å². The largest absolute Gasteiger partial charge is 0.497 e. The smallest absolute Gasteiger partial charge is 0.251 e. The molecule has 8 heteroatoms.